The van der Waals surface area contributed by atoms with Crippen LogP contribution in [0.3, 0.4) is 0 Å². The van der Waals surface area contributed by atoms with Gasteiger partial charge in [0.2, 0.25) is 0 Å². The fourth-order valence-electron chi connectivity index (χ4n) is 3.08. The highest BCUT2D eigenvalue weighted by Gasteiger charge is 2.13. The van der Waals surface area contributed by atoms with Crippen LogP contribution in [-0.2, 0) is 24.5 Å². The fraction of sp³-hybridized carbons (Fsp3) is 0.625. The predicted molar refractivity (Wildman–Crippen MR) is 73.3 cm³/mol. The minimum atomic E-state index is 0.733. The van der Waals surface area contributed by atoms with Crippen LogP contribution in [0.5, 0.6) is 0 Å². The molecule has 1 aliphatic heterocycles. The summed E-state index contributed by atoms with van der Waals surface area (Å²) in [6.07, 6.45) is 8.36. The molecule has 0 saturated heterocycles. The van der Waals surface area contributed by atoms with E-state index in [9.17, 15) is 0 Å². The number of fused-ring (bicyclic) bond motifs is 1. The second-order valence-corrected chi connectivity index (χ2v) is 5.67. The van der Waals surface area contributed by atoms with Crippen molar-refractivity contribution in [3.05, 3.63) is 34.9 Å². The summed E-state index contributed by atoms with van der Waals surface area (Å²) >= 11 is 0. The van der Waals surface area contributed by atoms with Crippen molar-refractivity contribution in [1.82, 2.24) is 5.32 Å². The van der Waals surface area contributed by atoms with Crippen LogP contribution in [0.2, 0.25) is 0 Å². The highest BCUT2D eigenvalue weighted by Crippen LogP contribution is 2.21. The van der Waals surface area contributed by atoms with Gasteiger partial charge in [-0.3, -0.25) is 0 Å². The van der Waals surface area contributed by atoms with Crippen molar-refractivity contribution in [2.75, 3.05) is 0 Å². The van der Waals surface area contributed by atoms with Gasteiger partial charge in [0.05, 0.1) is 13.2 Å². The first-order valence-corrected chi connectivity index (χ1v) is 7.33. The molecule has 3 rings (SSSR count). The van der Waals surface area contributed by atoms with Crippen LogP contribution in [0.4, 0.5) is 0 Å². The maximum atomic E-state index is 5.46. The monoisotopic (exact) mass is 245 g/mol. The lowest BCUT2D eigenvalue weighted by Crippen LogP contribution is -2.27. The summed E-state index contributed by atoms with van der Waals surface area (Å²) in [6, 6.07) is 7.52. The second-order valence-electron chi connectivity index (χ2n) is 5.67. The van der Waals surface area contributed by atoms with E-state index in [1.54, 1.807) is 0 Å². The Morgan fingerprint density at radius 1 is 1.00 bits per heavy atom. The highest BCUT2D eigenvalue weighted by atomic mass is 16.5. The molecule has 1 aromatic rings. The number of hydrogen-bond donors (Lipinski definition) is 1. The standard InChI is InChI=1S/C16H23NO/c1-2-4-6-16(5-3-1)17-10-13-7-8-14-11-18-12-15(14)9-13/h7-9,16-17H,1-6,10-12H2. The van der Waals surface area contributed by atoms with Gasteiger partial charge in [-0.25, -0.2) is 0 Å². The van der Waals surface area contributed by atoms with Crippen molar-refractivity contribution in [1.29, 1.82) is 0 Å². The van der Waals surface area contributed by atoms with Gasteiger partial charge >= 0.3 is 0 Å². The van der Waals surface area contributed by atoms with Crippen LogP contribution < -0.4 is 5.32 Å². The first kappa shape index (κ1) is 12.2. The largest absolute Gasteiger partial charge is 0.372 e. The Labute approximate surface area is 110 Å². The van der Waals surface area contributed by atoms with Gasteiger partial charge in [-0.2, -0.15) is 0 Å². The first-order chi connectivity index (χ1) is 8.92. The van der Waals surface area contributed by atoms with Gasteiger partial charge in [0, 0.05) is 12.6 Å². The van der Waals surface area contributed by atoms with Gasteiger partial charge in [0.1, 0.15) is 0 Å². The summed E-state index contributed by atoms with van der Waals surface area (Å²) in [7, 11) is 0. The molecular formula is C16H23NO. The zero-order valence-corrected chi connectivity index (χ0v) is 11.1. The zero-order chi connectivity index (χ0) is 12.2. The third-order valence-electron chi connectivity index (χ3n) is 4.24. The lowest BCUT2D eigenvalue weighted by atomic mass is 10.1. The van der Waals surface area contributed by atoms with Gasteiger partial charge in [-0.1, -0.05) is 43.9 Å². The van der Waals surface area contributed by atoms with E-state index < -0.39 is 0 Å². The number of rotatable bonds is 3. The van der Waals surface area contributed by atoms with Crippen LogP contribution in [-0.4, -0.2) is 6.04 Å². The lowest BCUT2D eigenvalue weighted by Gasteiger charge is -2.16. The Hall–Kier alpha value is -0.860. The molecule has 1 N–H and O–H groups in total. The molecule has 18 heavy (non-hydrogen) atoms. The fourth-order valence-corrected chi connectivity index (χ4v) is 3.08. The van der Waals surface area contributed by atoms with E-state index in [4.69, 9.17) is 4.74 Å². The van der Waals surface area contributed by atoms with Crippen molar-refractivity contribution < 1.29 is 4.74 Å². The summed E-state index contributed by atoms with van der Waals surface area (Å²) in [5.41, 5.74) is 4.16. The molecule has 2 heteroatoms. The summed E-state index contributed by atoms with van der Waals surface area (Å²) in [6.45, 7) is 2.61. The van der Waals surface area contributed by atoms with Crippen LogP contribution in [0.1, 0.15) is 55.2 Å². The van der Waals surface area contributed by atoms with E-state index in [-0.39, 0.29) is 0 Å². The molecule has 1 fully saturated rings. The Balaban J connectivity index is 1.56. The third kappa shape index (κ3) is 2.93. The van der Waals surface area contributed by atoms with Gasteiger partial charge in [0.25, 0.3) is 0 Å². The van der Waals surface area contributed by atoms with Crippen LogP contribution in [0.15, 0.2) is 18.2 Å². The number of ether oxygens (including phenoxy) is 1. The maximum absolute atomic E-state index is 5.46. The Kier molecular flexibility index (Phi) is 3.96. The predicted octanol–water partition coefficient (Wildman–Crippen LogP) is 3.53. The minimum Gasteiger partial charge on any atom is -0.372 e. The highest BCUT2D eigenvalue weighted by molar-refractivity contribution is 5.33. The molecule has 0 aromatic heterocycles. The normalized spacial score (nSPS) is 20.7. The van der Waals surface area contributed by atoms with Crippen LogP contribution in [0, 0.1) is 0 Å². The molecule has 0 atom stereocenters. The number of benzene rings is 1. The quantitative estimate of drug-likeness (QED) is 0.823. The summed E-state index contributed by atoms with van der Waals surface area (Å²) in [5.74, 6) is 0. The smallest absolute Gasteiger partial charge is 0.0725 e. The topological polar surface area (TPSA) is 21.3 Å². The van der Waals surface area contributed by atoms with E-state index in [1.165, 1.54) is 55.2 Å². The maximum Gasteiger partial charge on any atom is 0.0725 e. The van der Waals surface area contributed by atoms with Crippen molar-refractivity contribution in [2.24, 2.45) is 0 Å². The van der Waals surface area contributed by atoms with Gasteiger partial charge < -0.3 is 10.1 Å². The molecular weight excluding hydrogens is 222 g/mol. The molecule has 2 aliphatic rings. The molecule has 0 radical (unpaired) electrons. The number of hydrogen-bond acceptors (Lipinski definition) is 2. The minimum absolute atomic E-state index is 0.733. The Morgan fingerprint density at radius 2 is 1.78 bits per heavy atom. The Morgan fingerprint density at radius 3 is 2.61 bits per heavy atom. The zero-order valence-electron chi connectivity index (χ0n) is 11.1. The average molecular weight is 245 g/mol. The van der Waals surface area contributed by atoms with E-state index in [1.807, 2.05) is 0 Å². The number of nitrogens with one attached hydrogen (secondary N) is 1. The third-order valence-corrected chi connectivity index (χ3v) is 4.24. The van der Waals surface area contributed by atoms with E-state index in [0.29, 0.717) is 0 Å². The average Bonchev–Trinajstić information content (AvgIpc) is 2.70. The summed E-state index contributed by atoms with van der Waals surface area (Å²) in [5, 5.41) is 3.73. The molecule has 0 spiro atoms. The molecule has 0 bridgehead atoms. The second kappa shape index (κ2) is 5.85. The van der Waals surface area contributed by atoms with E-state index >= 15 is 0 Å². The van der Waals surface area contributed by atoms with Crippen molar-refractivity contribution >= 4 is 0 Å². The lowest BCUT2D eigenvalue weighted by molar-refractivity contribution is 0.134. The van der Waals surface area contributed by atoms with Gasteiger partial charge in [-0.15, -0.1) is 0 Å². The molecule has 1 saturated carbocycles. The molecule has 2 nitrogen and oxygen atoms in total. The molecule has 0 amide bonds. The van der Waals surface area contributed by atoms with E-state index in [0.717, 1.165) is 25.8 Å². The molecule has 1 heterocycles. The SMILES string of the molecule is c1cc2c(cc1CNC1CCCCCC1)COC2. The molecule has 0 unspecified atom stereocenters. The van der Waals surface area contributed by atoms with E-state index in [2.05, 4.69) is 23.5 Å². The van der Waals surface area contributed by atoms with Crippen molar-refractivity contribution in [2.45, 2.75) is 64.3 Å². The van der Waals surface area contributed by atoms with Crippen molar-refractivity contribution in [3.63, 3.8) is 0 Å². The first-order valence-electron chi connectivity index (χ1n) is 7.33. The van der Waals surface area contributed by atoms with Crippen LogP contribution >= 0.6 is 0 Å². The summed E-state index contributed by atoms with van der Waals surface area (Å²) < 4.78 is 5.46. The molecule has 1 aromatic carbocycles. The van der Waals surface area contributed by atoms with Crippen LogP contribution in [0.25, 0.3) is 0 Å². The van der Waals surface area contributed by atoms with Gasteiger partial charge in [-0.05, 0) is 29.5 Å². The van der Waals surface area contributed by atoms with Gasteiger partial charge in [0.15, 0.2) is 0 Å². The molecule has 98 valence electrons. The molecule has 1 aliphatic carbocycles. The Bertz CT molecular complexity index is 394. The van der Waals surface area contributed by atoms with Crippen molar-refractivity contribution in [3.8, 4) is 0 Å². The summed E-state index contributed by atoms with van der Waals surface area (Å²) in [4.78, 5) is 0.